The fraction of sp³-hybridized carbons (Fsp3) is 0.722. The van der Waals surface area contributed by atoms with E-state index in [4.69, 9.17) is 5.73 Å². The van der Waals surface area contributed by atoms with Crippen LogP contribution in [0.5, 0.6) is 0 Å². The lowest BCUT2D eigenvalue weighted by Gasteiger charge is -2.26. The number of fused-ring (bicyclic) bond motifs is 1. The van der Waals surface area contributed by atoms with Gasteiger partial charge in [-0.25, -0.2) is 0 Å². The van der Waals surface area contributed by atoms with Gasteiger partial charge in [0.25, 0.3) is 5.56 Å². The summed E-state index contributed by atoms with van der Waals surface area (Å²) >= 11 is 0. The van der Waals surface area contributed by atoms with E-state index in [0.29, 0.717) is 57.3 Å². The highest BCUT2D eigenvalue weighted by atomic mass is 31.2. The van der Waals surface area contributed by atoms with Gasteiger partial charge in [0, 0.05) is 39.1 Å². The Bertz CT molecular complexity index is 872. The molecule has 0 bridgehead atoms. The van der Waals surface area contributed by atoms with E-state index in [-0.39, 0.29) is 36.6 Å². The van der Waals surface area contributed by atoms with Gasteiger partial charge in [0.1, 0.15) is 5.69 Å². The van der Waals surface area contributed by atoms with Crippen molar-refractivity contribution in [1.29, 1.82) is 0 Å². The number of nitrogens with two attached hydrogens (primary N) is 1. The topological polar surface area (TPSA) is 154 Å². The minimum atomic E-state index is -4.14. The molecule has 0 fully saturated rings. The molecule has 13 heteroatoms. The molecular weight excluding hydrogens is 427 g/mol. The zero-order valence-electron chi connectivity index (χ0n) is 18.4. The summed E-state index contributed by atoms with van der Waals surface area (Å²) in [6.07, 6.45) is 0.473. The van der Waals surface area contributed by atoms with E-state index >= 15 is 0 Å². The zero-order chi connectivity index (χ0) is 23.2. The smallest absolute Gasteiger partial charge is 0.326 e. The molecular formula is C18H33N6O6P. The number of carbonyl (C=O) groups is 1. The summed E-state index contributed by atoms with van der Waals surface area (Å²) in [5, 5.41) is 0. The number of ether oxygens (including phenoxy) is 1. The lowest BCUT2D eigenvalue weighted by molar-refractivity contribution is -0.140. The molecule has 0 aliphatic carbocycles. The minimum absolute atomic E-state index is 0.158. The Hall–Kier alpha value is -2.14. The molecule has 1 aliphatic rings. The van der Waals surface area contributed by atoms with Crippen LogP contribution in [0.2, 0.25) is 0 Å². The fourth-order valence-corrected chi connectivity index (χ4v) is 4.09. The number of anilines is 3. The highest BCUT2D eigenvalue weighted by Gasteiger charge is 2.31. The van der Waals surface area contributed by atoms with Crippen LogP contribution in [0.3, 0.4) is 0 Å². The quantitative estimate of drug-likeness (QED) is 0.282. The average Bonchev–Trinajstić information content (AvgIpc) is 3.06. The van der Waals surface area contributed by atoms with E-state index in [1.807, 2.05) is 28.5 Å². The second kappa shape index (κ2) is 10.9. The third-order valence-electron chi connectivity index (χ3n) is 5.29. The van der Waals surface area contributed by atoms with Crippen molar-refractivity contribution in [2.45, 2.75) is 33.2 Å². The van der Waals surface area contributed by atoms with Crippen LogP contribution in [-0.2, 0) is 20.6 Å². The molecule has 0 radical (unpaired) electrons. The fourth-order valence-electron chi connectivity index (χ4n) is 3.55. The van der Waals surface area contributed by atoms with Crippen molar-refractivity contribution >= 4 is 31.0 Å². The number of hydrogen-bond acceptors (Lipinski definition) is 9. The van der Waals surface area contributed by atoms with Gasteiger partial charge in [-0.2, -0.15) is 4.98 Å². The standard InChI is InChI=1S/C18H33N6O6P/c1-4-22-13-23(16-15(22)17(26)24(5-2)18(19)20-16)10-9-21(11-12-31(27,28)29)8-6-7-14(25)30-3/h4-13H2,1-3H3,(H2,19,20)(H2,27,28,29). The summed E-state index contributed by atoms with van der Waals surface area (Å²) in [6, 6.07) is 0. The summed E-state index contributed by atoms with van der Waals surface area (Å²) in [7, 11) is -2.82. The van der Waals surface area contributed by atoms with Crippen molar-refractivity contribution in [3.05, 3.63) is 10.4 Å². The molecule has 0 atom stereocenters. The molecule has 1 aromatic rings. The Balaban J connectivity index is 2.13. The van der Waals surface area contributed by atoms with E-state index in [1.54, 1.807) is 0 Å². The number of esters is 1. The highest BCUT2D eigenvalue weighted by molar-refractivity contribution is 7.51. The summed E-state index contributed by atoms with van der Waals surface area (Å²) < 4.78 is 17.4. The van der Waals surface area contributed by atoms with Crippen molar-refractivity contribution in [3.63, 3.8) is 0 Å². The molecule has 2 heterocycles. The van der Waals surface area contributed by atoms with Crippen LogP contribution in [0.4, 0.5) is 17.5 Å². The van der Waals surface area contributed by atoms with E-state index in [1.165, 1.54) is 11.7 Å². The first-order valence-electron chi connectivity index (χ1n) is 10.3. The number of hydrogen-bond donors (Lipinski definition) is 3. The van der Waals surface area contributed by atoms with Crippen molar-refractivity contribution < 1.29 is 23.9 Å². The van der Waals surface area contributed by atoms with Gasteiger partial charge in [0.15, 0.2) is 5.82 Å². The van der Waals surface area contributed by atoms with Crippen LogP contribution in [-0.4, -0.2) is 82.9 Å². The van der Waals surface area contributed by atoms with E-state index < -0.39 is 7.60 Å². The molecule has 0 spiro atoms. The minimum Gasteiger partial charge on any atom is -0.469 e. The third-order valence-corrected chi connectivity index (χ3v) is 6.07. The second-order valence-electron chi connectivity index (χ2n) is 7.36. The van der Waals surface area contributed by atoms with Crippen LogP contribution >= 0.6 is 7.60 Å². The molecule has 1 aliphatic heterocycles. The Kier molecular flexibility index (Phi) is 8.87. The van der Waals surface area contributed by atoms with Crippen LogP contribution in [0.1, 0.15) is 26.7 Å². The number of nitrogens with zero attached hydrogens (tertiary/aromatic N) is 5. The maximum Gasteiger partial charge on any atom is 0.326 e. The van der Waals surface area contributed by atoms with Gasteiger partial charge in [-0.1, -0.05) is 0 Å². The molecule has 0 saturated heterocycles. The summed E-state index contributed by atoms with van der Waals surface area (Å²) in [4.78, 5) is 52.9. The predicted octanol–water partition coefficient (Wildman–Crippen LogP) is -0.118. The lowest BCUT2D eigenvalue weighted by atomic mass is 10.3. The van der Waals surface area contributed by atoms with Gasteiger partial charge in [0.05, 0.1) is 19.9 Å². The van der Waals surface area contributed by atoms with Crippen molar-refractivity contribution in [2.24, 2.45) is 0 Å². The molecule has 2 rings (SSSR count). The van der Waals surface area contributed by atoms with E-state index in [2.05, 4.69) is 9.72 Å². The van der Waals surface area contributed by atoms with Crippen molar-refractivity contribution in [1.82, 2.24) is 14.5 Å². The second-order valence-corrected chi connectivity index (χ2v) is 9.14. The SMILES string of the molecule is CCN1CN(CCN(CCCC(=O)OC)CCP(=O)(O)O)c2nc(N)n(CC)c(=O)c21. The molecule has 1 aromatic heterocycles. The van der Waals surface area contributed by atoms with Crippen LogP contribution < -0.4 is 21.1 Å². The first-order valence-corrected chi connectivity index (χ1v) is 12.1. The van der Waals surface area contributed by atoms with Gasteiger partial charge >= 0.3 is 13.6 Å². The Labute approximate surface area is 181 Å². The molecule has 176 valence electrons. The summed E-state index contributed by atoms with van der Waals surface area (Å²) in [6.45, 7) is 6.99. The maximum atomic E-state index is 12.8. The summed E-state index contributed by atoms with van der Waals surface area (Å²) in [5.74, 6) is 0.359. The third kappa shape index (κ3) is 6.67. The zero-order valence-corrected chi connectivity index (χ0v) is 19.3. The first kappa shape index (κ1) is 25.1. The van der Waals surface area contributed by atoms with Gasteiger partial charge in [-0.15, -0.1) is 0 Å². The van der Waals surface area contributed by atoms with Gasteiger partial charge < -0.3 is 35.0 Å². The molecule has 0 saturated carbocycles. The molecule has 12 nitrogen and oxygen atoms in total. The summed E-state index contributed by atoms with van der Waals surface area (Å²) in [5.41, 5.74) is 6.32. The predicted molar refractivity (Wildman–Crippen MR) is 118 cm³/mol. The lowest BCUT2D eigenvalue weighted by Crippen LogP contribution is -2.39. The van der Waals surface area contributed by atoms with Crippen LogP contribution in [0, 0.1) is 0 Å². The van der Waals surface area contributed by atoms with Crippen molar-refractivity contribution in [3.8, 4) is 0 Å². The van der Waals surface area contributed by atoms with Gasteiger partial charge in [-0.05, 0) is 26.8 Å². The Morgan fingerprint density at radius 3 is 2.52 bits per heavy atom. The maximum absolute atomic E-state index is 12.8. The van der Waals surface area contributed by atoms with E-state index in [9.17, 15) is 23.9 Å². The van der Waals surface area contributed by atoms with Gasteiger partial charge in [-0.3, -0.25) is 18.7 Å². The number of aromatic nitrogens is 2. The molecule has 4 N–H and O–H groups in total. The van der Waals surface area contributed by atoms with Gasteiger partial charge in [0.2, 0.25) is 5.95 Å². The largest absolute Gasteiger partial charge is 0.469 e. The van der Waals surface area contributed by atoms with E-state index in [0.717, 1.165) is 0 Å². The van der Waals surface area contributed by atoms with Crippen LogP contribution in [0.25, 0.3) is 0 Å². The number of nitrogen functional groups attached to an aromatic ring is 1. The molecule has 0 amide bonds. The molecule has 0 aromatic carbocycles. The first-order chi connectivity index (χ1) is 14.6. The number of rotatable bonds is 12. The Morgan fingerprint density at radius 1 is 1.23 bits per heavy atom. The van der Waals surface area contributed by atoms with Crippen molar-refractivity contribution in [2.75, 3.05) is 68.2 Å². The highest BCUT2D eigenvalue weighted by Crippen LogP contribution is 2.34. The monoisotopic (exact) mass is 460 g/mol. The normalized spacial score (nSPS) is 13.7. The number of methoxy groups -OCH3 is 1. The molecule has 31 heavy (non-hydrogen) atoms. The average molecular weight is 460 g/mol. The number of carbonyl (C=O) groups excluding carboxylic acids is 1. The van der Waals surface area contributed by atoms with Crippen LogP contribution in [0.15, 0.2) is 4.79 Å². The Morgan fingerprint density at radius 2 is 1.94 bits per heavy atom. The molecule has 0 unspecified atom stereocenters.